The molecule has 14 nitrogen and oxygen atoms in total. The highest BCUT2D eigenvalue weighted by atomic mass is 16.6. The van der Waals surface area contributed by atoms with Gasteiger partial charge in [-0.15, -0.1) is 0 Å². The molecule has 0 saturated carbocycles. The van der Waals surface area contributed by atoms with Crippen LogP contribution in [-0.2, 0) is 19.1 Å². The van der Waals surface area contributed by atoms with Gasteiger partial charge in [0.2, 0.25) is 0 Å². The number of rotatable bonds is 28. The maximum absolute atomic E-state index is 13.1. The van der Waals surface area contributed by atoms with Crippen molar-refractivity contribution >= 4 is 35.8 Å². The second-order valence-electron chi connectivity index (χ2n) is 18.6. The molecule has 14 heteroatoms. The zero-order chi connectivity index (χ0) is 55.1. The normalized spacial score (nSPS) is 11.6. The number of methoxy groups -OCH3 is 2. The second kappa shape index (κ2) is 29.7. The van der Waals surface area contributed by atoms with Crippen LogP contribution in [0.1, 0.15) is 153 Å². The van der Waals surface area contributed by atoms with Gasteiger partial charge >= 0.3 is 35.8 Å². The van der Waals surface area contributed by atoms with E-state index in [-0.39, 0.29) is 77.5 Å². The minimum Gasteiger partial charge on any atom is -0.493 e. The first-order chi connectivity index (χ1) is 37.3. The molecule has 0 aliphatic rings. The van der Waals surface area contributed by atoms with E-state index < -0.39 is 23.9 Å². The zero-order valence-corrected chi connectivity index (χ0v) is 44.8. The van der Waals surface area contributed by atoms with E-state index in [1.807, 2.05) is 38.1 Å². The summed E-state index contributed by atoms with van der Waals surface area (Å²) < 4.78 is 44.3. The molecule has 6 aromatic carbocycles. The highest BCUT2D eigenvalue weighted by Crippen LogP contribution is 2.32. The number of hydrogen-bond donors (Lipinski definition) is 0. The van der Waals surface area contributed by atoms with Gasteiger partial charge in [0, 0.05) is 12.8 Å². The average Bonchev–Trinajstić information content (AvgIpc) is 3.43. The van der Waals surface area contributed by atoms with Gasteiger partial charge in [-0.2, -0.15) is 0 Å². The molecular weight excluding hydrogens is 981 g/mol. The Labute approximate surface area is 450 Å². The Kier molecular flexibility index (Phi) is 22.4. The van der Waals surface area contributed by atoms with Gasteiger partial charge in [-0.1, -0.05) is 101 Å². The van der Waals surface area contributed by atoms with E-state index in [2.05, 4.69) is 13.8 Å². The molecule has 0 aliphatic carbocycles. The smallest absolute Gasteiger partial charge is 0.343 e. The highest BCUT2D eigenvalue weighted by molar-refractivity contribution is 5.94. The number of carbonyl (C=O) groups is 6. The molecule has 2 atom stereocenters. The zero-order valence-electron chi connectivity index (χ0n) is 44.8. The van der Waals surface area contributed by atoms with Gasteiger partial charge in [-0.25, -0.2) is 19.2 Å². The Morgan fingerprint density at radius 1 is 0.364 bits per heavy atom. The molecular formula is C63H68O14. The first-order valence-corrected chi connectivity index (χ1v) is 26.3. The standard InChI is InChI=1S/C63H68O14/c1-7-9-11-13-16-42(3)72-60(66)48-24-20-44(21-25-48)46-28-34-52(35-29-46)74-62(68)50-32-38-54(56(40-50)70-5)76-58(64)18-15-19-59(65)77-55-39-33-51(41-57(55)71-6)63(69)75-53-36-30-47(31-37-53)45-22-26-49(27-23-45)61(67)73-43(4)17-14-12-10-8-2/h20-43H,7-19H2,1-6H3. The maximum atomic E-state index is 13.1. The van der Waals surface area contributed by atoms with Crippen LogP contribution in [0.4, 0.5) is 0 Å². The van der Waals surface area contributed by atoms with Gasteiger partial charge in [0.05, 0.1) is 48.7 Å². The fourth-order valence-corrected chi connectivity index (χ4v) is 8.18. The van der Waals surface area contributed by atoms with Crippen molar-refractivity contribution in [3.05, 3.63) is 156 Å². The van der Waals surface area contributed by atoms with Crippen LogP contribution in [0.3, 0.4) is 0 Å². The van der Waals surface area contributed by atoms with E-state index in [1.165, 1.54) is 63.5 Å². The molecule has 0 fully saturated rings. The monoisotopic (exact) mass is 1050 g/mol. The van der Waals surface area contributed by atoms with Gasteiger partial charge < -0.3 is 37.9 Å². The predicted octanol–water partition coefficient (Wildman–Crippen LogP) is 14.2. The first kappa shape index (κ1) is 58.0. The Bertz CT molecular complexity index is 2710. The largest absolute Gasteiger partial charge is 0.493 e. The molecule has 6 aromatic rings. The van der Waals surface area contributed by atoms with E-state index in [0.717, 1.165) is 73.6 Å². The molecule has 0 radical (unpaired) electrons. The summed E-state index contributed by atoms with van der Waals surface area (Å²) in [5, 5.41) is 0. The van der Waals surface area contributed by atoms with E-state index in [1.54, 1.807) is 72.8 Å². The van der Waals surface area contributed by atoms with Crippen LogP contribution in [0.2, 0.25) is 0 Å². The summed E-state index contributed by atoms with van der Waals surface area (Å²) >= 11 is 0. The number of benzene rings is 6. The second-order valence-corrected chi connectivity index (χ2v) is 18.6. The van der Waals surface area contributed by atoms with Crippen LogP contribution in [-0.4, -0.2) is 62.2 Å². The van der Waals surface area contributed by atoms with Crippen molar-refractivity contribution in [3.8, 4) is 56.8 Å². The molecule has 2 unspecified atom stereocenters. The summed E-state index contributed by atoms with van der Waals surface area (Å²) in [7, 11) is 2.73. The summed E-state index contributed by atoms with van der Waals surface area (Å²) in [6.07, 6.45) is 10.1. The Morgan fingerprint density at radius 3 is 1.04 bits per heavy atom. The van der Waals surface area contributed by atoms with E-state index in [4.69, 9.17) is 37.9 Å². The lowest BCUT2D eigenvalue weighted by molar-refractivity contribution is -0.136. The summed E-state index contributed by atoms with van der Waals surface area (Å²) in [6.45, 7) is 8.16. The van der Waals surface area contributed by atoms with Crippen molar-refractivity contribution in [1.82, 2.24) is 0 Å². The first-order valence-electron chi connectivity index (χ1n) is 26.3. The van der Waals surface area contributed by atoms with Crippen LogP contribution in [0.15, 0.2) is 133 Å². The van der Waals surface area contributed by atoms with Crippen LogP contribution in [0.25, 0.3) is 22.3 Å². The summed E-state index contributed by atoms with van der Waals surface area (Å²) in [4.78, 5) is 77.2. The Balaban J connectivity index is 0.918. The molecule has 0 heterocycles. The maximum Gasteiger partial charge on any atom is 0.343 e. The third-order valence-corrected chi connectivity index (χ3v) is 12.6. The predicted molar refractivity (Wildman–Crippen MR) is 292 cm³/mol. The summed E-state index contributed by atoms with van der Waals surface area (Å²) in [5.74, 6) is -2.36. The van der Waals surface area contributed by atoms with Gasteiger partial charge in [0.1, 0.15) is 11.5 Å². The number of carbonyl (C=O) groups excluding carboxylic acids is 6. The minimum atomic E-state index is -0.664. The molecule has 0 bridgehead atoms. The Hall–Kier alpha value is -8.26. The van der Waals surface area contributed by atoms with Gasteiger partial charge in [-0.05, 0) is 153 Å². The van der Waals surface area contributed by atoms with Crippen molar-refractivity contribution in [3.63, 3.8) is 0 Å². The molecule has 0 spiro atoms. The number of esters is 6. The van der Waals surface area contributed by atoms with Gasteiger partial charge in [0.15, 0.2) is 23.0 Å². The average molecular weight is 1050 g/mol. The van der Waals surface area contributed by atoms with E-state index in [9.17, 15) is 28.8 Å². The van der Waals surface area contributed by atoms with Crippen molar-refractivity contribution in [2.45, 2.75) is 123 Å². The topological polar surface area (TPSA) is 176 Å². The molecule has 0 aliphatic heterocycles. The fraction of sp³-hybridized carbons (Fsp3) is 0.333. The molecule has 6 rings (SSSR count). The SMILES string of the molecule is CCCCCCC(C)OC(=O)c1ccc(-c2ccc(OC(=O)c3ccc(OC(=O)CCCC(=O)Oc4ccc(C(=O)Oc5ccc(-c6ccc(C(=O)OC(C)CCCCCC)cc6)cc5)cc4OC)c(OC)c3)cc2)cc1. The minimum absolute atomic E-state index is 0.0675. The van der Waals surface area contributed by atoms with E-state index in [0.29, 0.717) is 22.6 Å². The van der Waals surface area contributed by atoms with Crippen molar-refractivity contribution < 1.29 is 66.7 Å². The Morgan fingerprint density at radius 2 is 0.701 bits per heavy atom. The lowest BCUT2D eigenvalue weighted by Crippen LogP contribution is -2.15. The molecule has 0 saturated heterocycles. The quantitative estimate of drug-likeness (QED) is 0.0258. The van der Waals surface area contributed by atoms with Crippen LogP contribution >= 0.6 is 0 Å². The molecule has 404 valence electrons. The van der Waals surface area contributed by atoms with Crippen molar-refractivity contribution in [2.24, 2.45) is 0 Å². The third kappa shape index (κ3) is 17.9. The number of hydrogen-bond acceptors (Lipinski definition) is 14. The van der Waals surface area contributed by atoms with Crippen LogP contribution < -0.4 is 28.4 Å². The van der Waals surface area contributed by atoms with E-state index >= 15 is 0 Å². The summed E-state index contributed by atoms with van der Waals surface area (Å²) in [5.41, 5.74) is 4.68. The van der Waals surface area contributed by atoms with Crippen molar-refractivity contribution in [1.29, 1.82) is 0 Å². The van der Waals surface area contributed by atoms with Crippen LogP contribution in [0.5, 0.6) is 34.5 Å². The highest BCUT2D eigenvalue weighted by Gasteiger charge is 2.20. The molecule has 0 amide bonds. The molecule has 77 heavy (non-hydrogen) atoms. The third-order valence-electron chi connectivity index (χ3n) is 12.6. The lowest BCUT2D eigenvalue weighted by atomic mass is 10.0. The number of ether oxygens (including phenoxy) is 8. The van der Waals surface area contributed by atoms with Crippen LogP contribution in [0, 0.1) is 0 Å². The molecule has 0 N–H and O–H groups in total. The van der Waals surface area contributed by atoms with Gasteiger partial charge in [-0.3, -0.25) is 9.59 Å². The molecule has 0 aromatic heterocycles. The van der Waals surface area contributed by atoms with Crippen molar-refractivity contribution in [2.75, 3.05) is 14.2 Å². The summed E-state index contributed by atoms with van der Waals surface area (Å²) in [6, 6.07) is 36.6. The fourth-order valence-electron chi connectivity index (χ4n) is 8.18. The van der Waals surface area contributed by atoms with Gasteiger partial charge in [0.25, 0.3) is 0 Å². The number of unbranched alkanes of at least 4 members (excludes halogenated alkanes) is 6. The lowest BCUT2D eigenvalue weighted by Gasteiger charge is -2.13.